The van der Waals surface area contributed by atoms with E-state index in [1.54, 1.807) is 6.92 Å². The molecule has 1 aliphatic heterocycles. The van der Waals surface area contributed by atoms with Gasteiger partial charge in [0.1, 0.15) is 0 Å². The lowest BCUT2D eigenvalue weighted by Gasteiger charge is -2.35. The Morgan fingerprint density at radius 3 is 2.47 bits per heavy atom. The zero-order valence-electron chi connectivity index (χ0n) is 10.5. The highest BCUT2D eigenvalue weighted by Crippen LogP contribution is 2.33. The van der Waals surface area contributed by atoms with Crippen molar-refractivity contribution < 1.29 is 18.3 Å². The van der Waals surface area contributed by atoms with E-state index in [4.69, 9.17) is 0 Å². The average molecular weight is 295 g/mol. The van der Waals surface area contributed by atoms with Crippen LogP contribution in [0.5, 0.6) is 0 Å². The summed E-state index contributed by atoms with van der Waals surface area (Å²) in [6.07, 6.45) is -4.76. The molecule has 1 atom stereocenters. The molecule has 1 N–H and O–H groups in total. The Kier molecular flexibility index (Phi) is 4.32. The normalized spacial score (nSPS) is 19.7. The number of thiazole rings is 1. The number of piperazine rings is 1. The van der Waals surface area contributed by atoms with Crippen molar-refractivity contribution in [3.8, 4) is 0 Å². The van der Waals surface area contributed by atoms with E-state index < -0.39 is 11.9 Å². The molecule has 1 aromatic rings. The van der Waals surface area contributed by atoms with Crippen LogP contribution in [0.1, 0.15) is 12.6 Å². The van der Waals surface area contributed by atoms with E-state index in [9.17, 15) is 18.3 Å². The van der Waals surface area contributed by atoms with Crippen molar-refractivity contribution in [2.75, 3.05) is 37.6 Å². The highest BCUT2D eigenvalue weighted by Gasteiger charge is 2.34. The Morgan fingerprint density at radius 1 is 1.37 bits per heavy atom. The first kappa shape index (κ1) is 14.5. The van der Waals surface area contributed by atoms with Crippen molar-refractivity contribution in [3.05, 3.63) is 11.1 Å². The third-order valence-electron chi connectivity index (χ3n) is 2.95. The Morgan fingerprint density at radius 2 is 2.00 bits per heavy atom. The summed E-state index contributed by atoms with van der Waals surface area (Å²) < 4.78 is 37.4. The smallest absolute Gasteiger partial charge is 0.392 e. The number of aliphatic hydroxyl groups excluding tert-OH is 1. The van der Waals surface area contributed by atoms with Crippen LogP contribution >= 0.6 is 11.3 Å². The zero-order chi connectivity index (χ0) is 14.0. The first-order valence-electron chi connectivity index (χ1n) is 6.04. The maximum atomic E-state index is 12.5. The Labute approximate surface area is 113 Å². The summed E-state index contributed by atoms with van der Waals surface area (Å²) in [4.78, 5) is 7.60. The number of nitrogens with zero attached hydrogens (tertiary/aromatic N) is 3. The van der Waals surface area contributed by atoms with Gasteiger partial charge in [0, 0.05) is 38.1 Å². The SMILES string of the molecule is C[C@@H](O)CN1CCN(c2nc(C(F)(F)F)cs2)CC1. The van der Waals surface area contributed by atoms with Crippen LogP contribution in [-0.4, -0.2) is 53.8 Å². The van der Waals surface area contributed by atoms with Crippen molar-refractivity contribution in [3.63, 3.8) is 0 Å². The van der Waals surface area contributed by atoms with Crippen LogP contribution in [0.4, 0.5) is 18.3 Å². The maximum Gasteiger partial charge on any atom is 0.434 e. The lowest BCUT2D eigenvalue weighted by molar-refractivity contribution is -0.140. The van der Waals surface area contributed by atoms with Crippen molar-refractivity contribution in [1.82, 2.24) is 9.88 Å². The number of rotatable bonds is 3. The van der Waals surface area contributed by atoms with Gasteiger partial charge in [0.05, 0.1) is 6.10 Å². The van der Waals surface area contributed by atoms with Gasteiger partial charge < -0.3 is 10.0 Å². The van der Waals surface area contributed by atoms with E-state index >= 15 is 0 Å². The van der Waals surface area contributed by atoms with Crippen molar-refractivity contribution >= 4 is 16.5 Å². The third-order valence-corrected chi connectivity index (χ3v) is 3.85. The molecule has 1 aliphatic rings. The van der Waals surface area contributed by atoms with Gasteiger partial charge in [-0.15, -0.1) is 11.3 Å². The maximum absolute atomic E-state index is 12.5. The molecule has 1 aromatic heterocycles. The summed E-state index contributed by atoms with van der Waals surface area (Å²) in [6, 6.07) is 0. The molecular formula is C11H16F3N3OS. The number of hydrogen-bond donors (Lipinski definition) is 1. The Hall–Kier alpha value is -0.860. The van der Waals surface area contributed by atoms with Gasteiger partial charge in [-0.05, 0) is 6.92 Å². The molecule has 4 nitrogen and oxygen atoms in total. The highest BCUT2D eigenvalue weighted by atomic mass is 32.1. The molecule has 0 spiro atoms. The van der Waals surface area contributed by atoms with Crippen LogP contribution in [-0.2, 0) is 6.18 Å². The summed E-state index contributed by atoms with van der Waals surface area (Å²) >= 11 is 1.02. The van der Waals surface area contributed by atoms with Gasteiger partial charge in [0.15, 0.2) is 10.8 Å². The van der Waals surface area contributed by atoms with E-state index in [1.807, 2.05) is 4.90 Å². The van der Waals surface area contributed by atoms with Crippen molar-refractivity contribution in [1.29, 1.82) is 0 Å². The van der Waals surface area contributed by atoms with Gasteiger partial charge in [-0.3, -0.25) is 4.90 Å². The largest absolute Gasteiger partial charge is 0.434 e. The summed E-state index contributed by atoms with van der Waals surface area (Å²) in [7, 11) is 0. The summed E-state index contributed by atoms with van der Waals surface area (Å²) in [6.45, 7) is 5.05. The highest BCUT2D eigenvalue weighted by molar-refractivity contribution is 7.13. The Bertz CT molecular complexity index is 414. The molecule has 0 radical (unpaired) electrons. The topological polar surface area (TPSA) is 39.6 Å². The predicted molar refractivity (Wildman–Crippen MR) is 67.4 cm³/mol. The molecule has 1 fully saturated rings. The van der Waals surface area contributed by atoms with Gasteiger partial charge in [0.2, 0.25) is 0 Å². The molecule has 0 unspecified atom stereocenters. The minimum absolute atomic E-state index is 0.386. The lowest BCUT2D eigenvalue weighted by Crippen LogP contribution is -2.48. The molecule has 0 bridgehead atoms. The van der Waals surface area contributed by atoms with Crippen LogP contribution in [0.3, 0.4) is 0 Å². The van der Waals surface area contributed by atoms with Crippen LogP contribution in [0.25, 0.3) is 0 Å². The fourth-order valence-electron chi connectivity index (χ4n) is 2.04. The third kappa shape index (κ3) is 3.80. The van der Waals surface area contributed by atoms with Gasteiger partial charge >= 0.3 is 6.18 Å². The van der Waals surface area contributed by atoms with Gasteiger partial charge in [-0.25, -0.2) is 4.98 Å². The minimum Gasteiger partial charge on any atom is -0.392 e. The summed E-state index contributed by atoms with van der Waals surface area (Å²) in [5.74, 6) is 0. The Balaban J connectivity index is 1.93. The molecule has 1 saturated heterocycles. The fraction of sp³-hybridized carbons (Fsp3) is 0.727. The zero-order valence-corrected chi connectivity index (χ0v) is 11.3. The van der Waals surface area contributed by atoms with Gasteiger partial charge in [-0.1, -0.05) is 0 Å². The molecule has 2 heterocycles. The molecule has 2 rings (SSSR count). The molecule has 0 aliphatic carbocycles. The summed E-state index contributed by atoms with van der Waals surface area (Å²) in [5, 5.41) is 10.8. The van der Waals surface area contributed by atoms with Crippen LogP contribution in [0.2, 0.25) is 0 Å². The van der Waals surface area contributed by atoms with Crippen LogP contribution < -0.4 is 4.90 Å². The number of aromatic nitrogens is 1. The van der Waals surface area contributed by atoms with E-state index in [1.165, 1.54) is 0 Å². The van der Waals surface area contributed by atoms with Crippen molar-refractivity contribution in [2.45, 2.75) is 19.2 Å². The second-order valence-electron chi connectivity index (χ2n) is 4.65. The monoisotopic (exact) mass is 295 g/mol. The first-order valence-corrected chi connectivity index (χ1v) is 6.92. The average Bonchev–Trinajstić information content (AvgIpc) is 2.78. The van der Waals surface area contributed by atoms with Gasteiger partial charge in [-0.2, -0.15) is 13.2 Å². The van der Waals surface area contributed by atoms with Gasteiger partial charge in [0.25, 0.3) is 0 Å². The number of β-amino-alcohol motifs (C(OH)–C–C–N with tert-alkyl or cyclic N) is 1. The molecular weight excluding hydrogens is 279 g/mol. The van der Waals surface area contributed by atoms with Crippen molar-refractivity contribution in [2.24, 2.45) is 0 Å². The van der Waals surface area contributed by atoms with E-state index in [0.717, 1.165) is 29.8 Å². The number of anilines is 1. The minimum atomic E-state index is -4.37. The molecule has 108 valence electrons. The molecule has 0 aromatic carbocycles. The van der Waals surface area contributed by atoms with Crippen LogP contribution in [0.15, 0.2) is 5.38 Å². The number of alkyl halides is 3. The predicted octanol–water partition coefficient (Wildman–Crippen LogP) is 1.66. The number of hydrogen-bond acceptors (Lipinski definition) is 5. The summed E-state index contributed by atoms with van der Waals surface area (Å²) in [5.41, 5.74) is -0.820. The fourth-order valence-corrected chi connectivity index (χ4v) is 2.92. The number of aliphatic hydroxyl groups is 1. The molecule has 19 heavy (non-hydrogen) atoms. The van der Waals surface area contributed by atoms with E-state index in [-0.39, 0.29) is 6.10 Å². The molecule has 8 heteroatoms. The molecule has 0 saturated carbocycles. The second-order valence-corrected chi connectivity index (χ2v) is 5.49. The van der Waals surface area contributed by atoms with E-state index in [2.05, 4.69) is 9.88 Å². The standard InChI is InChI=1S/C11H16F3N3OS/c1-8(18)6-16-2-4-17(5-3-16)10-15-9(7-19-10)11(12,13)14/h7-8,18H,2-6H2,1H3/t8-/m1/s1. The van der Waals surface area contributed by atoms with Crippen LogP contribution in [0, 0.1) is 0 Å². The molecule has 0 amide bonds. The first-order chi connectivity index (χ1) is 8.86. The quantitative estimate of drug-likeness (QED) is 0.921. The second kappa shape index (κ2) is 5.64. The lowest BCUT2D eigenvalue weighted by atomic mass is 10.3. The number of halogens is 3. The van der Waals surface area contributed by atoms with E-state index in [0.29, 0.717) is 24.8 Å².